The molecule has 3 amide bonds. The maximum Gasteiger partial charge on any atom is 0.416 e. The van der Waals surface area contributed by atoms with Gasteiger partial charge in [0.1, 0.15) is 5.60 Å². The molecule has 0 unspecified atom stereocenters. The van der Waals surface area contributed by atoms with Gasteiger partial charge in [-0.2, -0.15) is 18.3 Å². The third-order valence-corrected chi connectivity index (χ3v) is 7.94. The molecule has 0 bridgehead atoms. The lowest BCUT2D eigenvalue weighted by atomic mass is 10.1. The summed E-state index contributed by atoms with van der Waals surface area (Å²) in [5, 5.41) is 7.17. The van der Waals surface area contributed by atoms with Gasteiger partial charge in [-0.1, -0.05) is 54.1 Å². The number of amides is 3. The summed E-state index contributed by atoms with van der Waals surface area (Å²) in [6.45, 7) is 4.96. The largest absolute Gasteiger partial charge is 0.444 e. The maximum atomic E-state index is 13.6. The first-order valence-electron chi connectivity index (χ1n) is 13.8. The molecule has 234 valence electrons. The third-order valence-electron chi connectivity index (χ3n) is 6.79. The monoisotopic (exact) mass is 656 g/mol. The minimum atomic E-state index is -4.58. The van der Waals surface area contributed by atoms with Gasteiger partial charge in [0.25, 0.3) is 11.1 Å². The van der Waals surface area contributed by atoms with E-state index in [0.29, 0.717) is 22.0 Å². The number of fused-ring (bicyclic) bond motifs is 1. The Labute approximate surface area is 266 Å². The lowest BCUT2D eigenvalue weighted by Crippen LogP contribution is -2.41. The second-order valence-corrected chi connectivity index (χ2v) is 12.8. The highest BCUT2D eigenvalue weighted by atomic mass is 35.5. The Bertz CT molecular complexity index is 1800. The van der Waals surface area contributed by atoms with E-state index in [-0.39, 0.29) is 28.6 Å². The molecule has 45 heavy (non-hydrogen) atoms. The number of alkyl halides is 3. The third kappa shape index (κ3) is 7.69. The molecule has 13 heteroatoms. The number of aromatic nitrogens is 2. The van der Waals surface area contributed by atoms with Crippen LogP contribution in [0.2, 0.25) is 5.02 Å². The Morgan fingerprint density at radius 2 is 1.80 bits per heavy atom. The first-order chi connectivity index (χ1) is 21.2. The molecule has 1 fully saturated rings. The van der Waals surface area contributed by atoms with Crippen LogP contribution >= 0.6 is 23.4 Å². The highest BCUT2D eigenvalue weighted by Crippen LogP contribution is 2.36. The van der Waals surface area contributed by atoms with Gasteiger partial charge in [0.05, 0.1) is 41.3 Å². The normalized spacial score (nSPS) is 15.6. The van der Waals surface area contributed by atoms with Gasteiger partial charge in [-0.15, -0.1) is 0 Å². The van der Waals surface area contributed by atoms with E-state index in [0.717, 1.165) is 22.7 Å². The van der Waals surface area contributed by atoms with Crippen molar-refractivity contribution in [3.8, 4) is 0 Å². The van der Waals surface area contributed by atoms with Gasteiger partial charge in [0.15, 0.2) is 0 Å². The molecule has 0 radical (unpaired) electrons. The molecular weight excluding hydrogens is 629 g/mol. The summed E-state index contributed by atoms with van der Waals surface area (Å²) >= 11 is 6.59. The lowest BCUT2D eigenvalue weighted by Gasteiger charge is -2.26. The Morgan fingerprint density at radius 3 is 2.49 bits per heavy atom. The molecule has 8 nitrogen and oxygen atoms in total. The zero-order valence-corrected chi connectivity index (χ0v) is 26.0. The van der Waals surface area contributed by atoms with Crippen molar-refractivity contribution in [1.82, 2.24) is 20.0 Å². The summed E-state index contributed by atoms with van der Waals surface area (Å²) in [6.07, 6.45) is -2.17. The fraction of sp³-hybridized carbons (Fsp3) is 0.250. The average Bonchev–Trinajstić information content (AvgIpc) is 3.47. The van der Waals surface area contributed by atoms with Crippen molar-refractivity contribution in [3.63, 3.8) is 0 Å². The zero-order valence-electron chi connectivity index (χ0n) is 24.4. The number of alkyl carbamates (subject to hydrolysis) is 1. The standard InChI is InChI=1S/C32H28ClF3N4O4S/c1-31(2,3)44-29(42)38-25(20-7-5-4-6-8-20)18-39-28(41)27(45-30(39)43)14-19-9-12-26-22(13-19)16-37-40(26)17-21-10-11-23(33)15-24(21)32(34,35)36/h4-16,25H,17-18H2,1-3H3,(H,38,42)/t25-/m1/s1. The molecule has 0 aliphatic carbocycles. The van der Waals surface area contributed by atoms with Crippen LogP contribution in [0.4, 0.5) is 22.8 Å². The number of ether oxygens (including phenoxy) is 1. The Kier molecular flexibility index (Phi) is 8.99. The predicted molar refractivity (Wildman–Crippen MR) is 167 cm³/mol. The van der Waals surface area contributed by atoms with Gasteiger partial charge in [0, 0.05) is 10.4 Å². The number of nitrogens with one attached hydrogen (secondary N) is 1. The van der Waals surface area contributed by atoms with Crippen LogP contribution in [0.25, 0.3) is 17.0 Å². The Morgan fingerprint density at radius 1 is 1.07 bits per heavy atom. The van der Waals surface area contributed by atoms with E-state index in [1.54, 1.807) is 69.3 Å². The molecule has 5 rings (SSSR count). The highest BCUT2D eigenvalue weighted by Gasteiger charge is 2.37. The molecule has 1 saturated heterocycles. The number of thioether (sulfide) groups is 1. The number of carbonyl (C=O) groups is 3. The Hall–Kier alpha value is -4.29. The van der Waals surface area contributed by atoms with Crippen LogP contribution in [0.15, 0.2) is 77.8 Å². The van der Waals surface area contributed by atoms with Crippen LogP contribution in [0.3, 0.4) is 0 Å². The summed E-state index contributed by atoms with van der Waals surface area (Å²) in [6, 6.07) is 17.0. The number of hydrogen-bond donors (Lipinski definition) is 1. The summed E-state index contributed by atoms with van der Waals surface area (Å²) < 4.78 is 47.6. The van der Waals surface area contributed by atoms with Gasteiger partial charge < -0.3 is 10.1 Å². The fourth-order valence-electron chi connectivity index (χ4n) is 4.79. The van der Waals surface area contributed by atoms with E-state index >= 15 is 0 Å². The number of benzene rings is 3. The van der Waals surface area contributed by atoms with Gasteiger partial charge >= 0.3 is 12.3 Å². The van der Waals surface area contributed by atoms with Crippen molar-refractivity contribution < 1.29 is 32.3 Å². The SMILES string of the molecule is CC(C)(C)OC(=O)N[C@H](CN1C(=O)SC(=Cc2ccc3c(cnn3Cc3ccc(Cl)cc3C(F)(F)F)c2)C1=O)c1ccccc1. The van der Waals surface area contributed by atoms with E-state index in [1.807, 2.05) is 6.07 Å². The van der Waals surface area contributed by atoms with Crippen molar-refractivity contribution in [2.75, 3.05) is 6.54 Å². The van der Waals surface area contributed by atoms with Crippen LogP contribution in [0.1, 0.15) is 49.1 Å². The molecule has 0 spiro atoms. The fourth-order valence-corrected chi connectivity index (χ4v) is 5.81. The number of hydrogen-bond acceptors (Lipinski definition) is 6. The van der Waals surface area contributed by atoms with Crippen molar-refractivity contribution in [1.29, 1.82) is 0 Å². The number of imide groups is 1. The van der Waals surface area contributed by atoms with Gasteiger partial charge in [-0.05, 0) is 79.6 Å². The quantitative estimate of drug-likeness (QED) is 0.202. The smallest absolute Gasteiger partial charge is 0.416 e. The molecule has 1 aromatic heterocycles. The molecule has 1 aliphatic heterocycles. The molecule has 0 saturated carbocycles. The number of carbonyl (C=O) groups excluding carboxylic acids is 3. The van der Waals surface area contributed by atoms with Crippen molar-refractivity contribution in [2.45, 2.75) is 45.1 Å². The van der Waals surface area contributed by atoms with E-state index in [1.165, 1.54) is 23.0 Å². The average molecular weight is 657 g/mol. The second kappa shape index (κ2) is 12.6. The molecule has 3 aromatic carbocycles. The van der Waals surface area contributed by atoms with Crippen LogP contribution in [-0.2, 0) is 22.3 Å². The maximum absolute atomic E-state index is 13.6. The van der Waals surface area contributed by atoms with E-state index in [9.17, 15) is 27.6 Å². The Balaban J connectivity index is 1.35. The summed E-state index contributed by atoms with van der Waals surface area (Å²) in [5.74, 6) is -0.518. The molecule has 2 heterocycles. The van der Waals surface area contributed by atoms with Crippen LogP contribution < -0.4 is 5.32 Å². The predicted octanol–water partition coefficient (Wildman–Crippen LogP) is 8.06. The lowest BCUT2D eigenvalue weighted by molar-refractivity contribution is -0.138. The van der Waals surface area contributed by atoms with Crippen LogP contribution in [0, 0.1) is 0 Å². The topological polar surface area (TPSA) is 93.5 Å². The van der Waals surface area contributed by atoms with Crippen molar-refractivity contribution in [3.05, 3.63) is 105 Å². The number of nitrogens with zero attached hydrogens (tertiary/aromatic N) is 3. The summed E-state index contributed by atoms with van der Waals surface area (Å²) in [7, 11) is 0. The number of halogens is 4. The number of rotatable bonds is 7. The van der Waals surface area contributed by atoms with Crippen molar-refractivity contribution in [2.24, 2.45) is 0 Å². The summed E-state index contributed by atoms with van der Waals surface area (Å²) in [5.41, 5.74) is 0.320. The van der Waals surface area contributed by atoms with Gasteiger partial charge in [-0.25, -0.2) is 4.79 Å². The van der Waals surface area contributed by atoms with E-state index in [2.05, 4.69) is 10.4 Å². The van der Waals surface area contributed by atoms with Crippen LogP contribution in [0.5, 0.6) is 0 Å². The molecular formula is C32H28ClF3N4O4S. The van der Waals surface area contributed by atoms with Crippen LogP contribution in [-0.4, -0.2) is 44.1 Å². The first-order valence-corrected chi connectivity index (χ1v) is 15.0. The first kappa shape index (κ1) is 32.1. The highest BCUT2D eigenvalue weighted by molar-refractivity contribution is 8.18. The molecule has 1 aliphatic rings. The van der Waals surface area contributed by atoms with Gasteiger partial charge in [0.2, 0.25) is 0 Å². The van der Waals surface area contributed by atoms with Crippen molar-refractivity contribution >= 4 is 57.6 Å². The molecule has 4 aromatic rings. The van der Waals surface area contributed by atoms with E-state index in [4.69, 9.17) is 16.3 Å². The minimum Gasteiger partial charge on any atom is -0.444 e. The van der Waals surface area contributed by atoms with Gasteiger partial charge in [-0.3, -0.25) is 19.2 Å². The summed E-state index contributed by atoms with van der Waals surface area (Å²) in [4.78, 5) is 40.2. The molecule has 1 N–H and O–H groups in total. The second-order valence-electron chi connectivity index (χ2n) is 11.3. The minimum absolute atomic E-state index is 0.0136. The molecule has 1 atom stereocenters. The zero-order chi connectivity index (χ0) is 32.5. The van der Waals surface area contributed by atoms with E-state index < -0.39 is 40.6 Å².